The van der Waals surface area contributed by atoms with Crippen molar-refractivity contribution in [3.05, 3.63) is 47.5 Å². The average Bonchev–Trinajstić information content (AvgIpc) is 3.30. The quantitative estimate of drug-likeness (QED) is 0.846. The number of hydrogen-bond acceptors (Lipinski definition) is 4. The summed E-state index contributed by atoms with van der Waals surface area (Å²) in [5, 5.41) is 4.28. The molecule has 1 aromatic heterocycles. The zero-order chi connectivity index (χ0) is 18.3. The third-order valence-electron chi connectivity index (χ3n) is 6.01. The number of nitrogens with zero attached hydrogens (tertiary/aromatic N) is 5. The Kier molecular flexibility index (Phi) is 4.53. The zero-order valence-corrected chi connectivity index (χ0v) is 15.8. The maximum atomic E-state index is 12.3. The highest BCUT2D eigenvalue weighted by molar-refractivity contribution is 5.74. The van der Waals surface area contributed by atoms with E-state index in [4.69, 9.17) is 0 Å². The van der Waals surface area contributed by atoms with Gasteiger partial charge in [0, 0.05) is 39.0 Å². The van der Waals surface area contributed by atoms with E-state index >= 15 is 0 Å². The first kappa shape index (κ1) is 17.2. The molecule has 4 rings (SSSR count). The molecule has 0 radical (unpaired) electrons. The summed E-state index contributed by atoms with van der Waals surface area (Å²) in [6.45, 7) is 10.5. The van der Waals surface area contributed by atoms with Gasteiger partial charge in [0.2, 0.25) is 5.91 Å². The van der Waals surface area contributed by atoms with Crippen LogP contribution in [0.1, 0.15) is 36.8 Å². The Morgan fingerprint density at radius 3 is 2.77 bits per heavy atom. The fourth-order valence-electron chi connectivity index (χ4n) is 4.78. The molecular formula is C20H27N5O. The van der Waals surface area contributed by atoms with Crippen molar-refractivity contribution in [2.24, 2.45) is 11.8 Å². The van der Waals surface area contributed by atoms with Crippen LogP contribution in [0, 0.1) is 18.8 Å². The number of fused-ring (bicyclic) bond motifs is 1. The number of hydrogen-bond donors (Lipinski definition) is 0. The lowest BCUT2D eigenvalue weighted by Gasteiger charge is -2.30. The van der Waals surface area contributed by atoms with E-state index in [1.54, 1.807) is 13.3 Å². The maximum absolute atomic E-state index is 12.3. The van der Waals surface area contributed by atoms with Gasteiger partial charge in [-0.3, -0.25) is 9.69 Å². The Bertz CT molecular complexity index is 801. The van der Waals surface area contributed by atoms with Crippen LogP contribution in [0.15, 0.2) is 30.6 Å². The zero-order valence-electron chi connectivity index (χ0n) is 15.8. The van der Waals surface area contributed by atoms with Gasteiger partial charge in [-0.2, -0.15) is 5.10 Å². The molecule has 1 amide bonds. The first-order valence-electron chi connectivity index (χ1n) is 9.50. The Hall–Kier alpha value is -2.21. The first-order valence-corrected chi connectivity index (χ1v) is 9.50. The van der Waals surface area contributed by atoms with Crippen molar-refractivity contribution in [3.8, 4) is 0 Å². The molecule has 0 spiro atoms. The average molecular weight is 353 g/mol. The molecule has 0 N–H and O–H groups in total. The molecule has 138 valence electrons. The normalized spacial score (nSPS) is 25.7. The molecule has 2 aromatic rings. The van der Waals surface area contributed by atoms with Crippen molar-refractivity contribution in [1.82, 2.24) is 24.6 Å². The summed E-state index contributed by atoms with van der Waals surface area (Å²) in [7, 11) is 0. The summed E-state index contributed by atoms with van der Waals surface area (Å²) < 4.78 is 1.97. The Morgan fingerprint density at radius 2 is 2.04 bits per heavy atom. The maximum Gasteiger partial charge on any atom is 0.219 e. The van der Waals surface area contributed by atoms with Crippen LogP contribution in [0.5, 0.6) is 0 Å². The van der Waals surface area contributed by atoms with Gasteiger partial charge in [-0.25, -0.2) is 9.67 Å². The summed E-state index contributed by atoms with van der Waals surface area (Å²) >= 11 is 0. The van der Waals surface area contributed by atoms with Crippen LogP contribution in [0.3, 0.4) is 0 Å². The van der Waals surface area contributed by atoms with Gasteiger partial charge in [-0.1, -0.05) is 24.3 Å². The van der Waals surface area contributed by atoms with Crippen LogP contribution in [0.2, 0.25) is 0 Å². The van der Waals surface area contributed by atoms with Crippen LogP contribution >= 0.6 is 0 Å². The number of rotatable bonds is 4. The lowest BCUT2D eigenvalue weighted by molar-refractivity contribution is -0.130. The largest absolute Gasteiger partial charge is 0.335 e. The summed E-state index contributed by atoms with van der Waals surface area (Å²) in [5.74, 6) is 2.23. The van der Waals surface area contributed by atoms with Crippen LogP contribution in [0.25, 0.3) is 0 Å². The van der Waals surface area contributed by atoms with E-state index in [0.29, 0.717) is 11.8 Å². The lowest BCUT2D eigenvalue weighted by atomic mass is 9.87. The molecule has 2 fully saturated rings. The monoisotopic (exact) mass is 353 g/mol. The second kappa shape index (κ2) is 6.83. The van der Waals surface area contributed by atoms with Gasteiger partial charge < -0.3 is 4.90 Å². The van der Waals surface area contributed by atoms with Crippen molar-refractivity contribution in [3.63, 3.8) is 0 Å². The molecule has 0 saturated carbocycles. The summed E-state index contributed by atoms with van der Waals surface area (Å²) in [6.07, 6.45) is 1.64. The number of amides is 1. The minimum Gasteiger partial charge on any atom is -0.335 e. The number of carbonyl (C=O) groups excluding carboxylic acids is 1. The number of benzene rings is 1. The van der Waals surface area contributed by atoms with Crippen LogP contribution in [-0.4, -0.2) is 50.1 Å². The molecule has 2 aliphatic rings. The van der Waals surface area contributed by atoms with Crippen molar-refractivity contribution in [1.29, 1.82) is 0 Å². The van der Waals surface area contributed by atoms with E-state index in [1.165, 1.54) is 11.1 Å². The molecule has 1 aromatic carbocycles. The van der Waals surface area contributed by atoms with Crippen LogP contribution < -0.4 is 0 Å². The molecule has 0 unspecified atom stereocenters. The van der Waals surface area contributed by atoms with E-state index in [9.17, 15) is 4.79 Å². The van der Waals surface area contributed by atoms with Crippen LogP contribution in [-0.2, 0) is 17.9 Å². The molecular weight excluding hydrogens is 326 g/mol. The topological polar surface area (TPSA) is 54.3 Å². The van der Waals surface area contributed by atoms with Gasteiger partial charge in [-0.15, -0.1) is 0 Å². The van der Waals surface area contributed by atoms with E-state index in [2.05, 4.69) is 58.0 Å². The number of carbonyl (C=O) groups is 1. The molecule has 6 nitrogen and oxygen atoms in total. The highest BCUT2D eigenvalue weighted by Gasteiger charge is 2.48. The predicted octanol–water partition coefficient (Wildman–Crippen LogP) is 2.26. The summed E-state index contributed by atoms with van der Waals surface area (Å²) in [4.78, 5) is 21.3. The highest BCUT2D eigenvalue weighted by Crippen LogP contribution is 2.45. The molecule has 2 saturated heterocycles. The van der Waals surface area contributed by atoms with Crippen LogP contribution in [0.4, 0.5) is 0 Å². The second-order valence-corrected chi connectivity index (χ2v) is 7.58. The van der Waals surface area contributed by atoms with Crippen molar-refractivity contribution in [2.75, 3.05) is 19.6 Å². The number of aryl methyl sites for hydroxylation is 2. The predicted molar refractivity (Wildman–Crippen MR) is 99.3 cm³/mol. The first-order chi connectivity index (χ1) is 12.6. The summed E-state index contributed by atoms with van der Waals surface area (Å²) in [6, 6.07) is 8.69. The van der Waals surface area contributed by atoms with Gasteiger partial charge in [0.25, 0.3) is 0 Å². The van der Waals surface area contributed by atoms with E-state index in [-0.39, 0.29) is 11.9 Å². The Morgan fingerprint density at radius 1 is 1.23 bits per heavy atom. The van der Waals surface area contributed by atoms with Crippen molar-refractivity contribution in [2.45, 2.75) is 39.9 Å². The third kappa shape index (κ3) is 2.92. The minimum atomic E-state index is 0.185. The third-order valence-corrected chi connectivity index (χ3v) is 6.01. The fourth-order valence-corrected chi connectivity index (χ4v) is 4.78. The lowest BCUT2D eigenvalue weighted by Crippen LogP contribution is -2.34. The molecule has 0 aliphatic carbocycles. The molecule has 3 heterocycles. The van der Waals surface area contributed by atoms with E-state index < -0.39 is 0 Å². The Labute approximate surface area is 154 Å². The molecule has 6 heteroatoms. The Balaban J connectivity index is 1.57. The van der Waals surface area contributed by atoms with Gasteiger partial charge in [0.05, 0.1) is 12.6 Å². The summed E-state index contributed by atoms with van der Waals surface area (Å²) in [5.41, 5.74) is 2.57. The molecule has 3 atom stereocenters. The molecule has 2 aliphatic heterocycles. The van der Waals surface area contributed by atoms with Gasteiger partial charge in [0.15, 0.2) is 0 Å². The van der Waals surface area contributed by atoms with E-state index in [1.807, 2.05) is 4.68 Å². The van der Waals surface area contributed by atoms with Crippen molar-refractivity contribution >= 4 is 5.91 Å². The van der Waals surface area contributed by atoms with Crippen molar-refractivity contribution < 1.29 is 4.79 Å². The smallest absolute Gasteiger partial charge is 0.219 e. The SMILES string of the molecule is CCn1ncnc1CN1C[C@@H]2CN(C(C)=O)[C@@H](c3ccccc3C)[C@@H]2C1. The van der Waals surface area contributed by atoms with E-state index in [0.717, 1.165) is 38.5 Å². The van der Waals surface area contributed by atoms with Gasteiger partial charge in [0.1, 0.15) is 12.2 Å². The molecule has 26 heavy (non-hydrogen) atoms. The number of likely N-dealkylation sites (tertiary alicyclic amines) is 2. The van der Waals surface area contributed by atoms with Gasteiger partial charge in [-0.05, 0) is 30.9 Å². The highest BCUT2D eigenvalue weighted by atomic mass is 16.2. The minimum absolute atomic E-state index is 0.185. The second-order valence-electron chi connectivity index (χ2n) is 7.58. The standard InChI is InChI=1S/C20H27N5O/c1-4-25-19(21-13-22-25)12-23-9-16-10-24(15(3)26)20(18(16)11-23)17-8-6-5-7-14(17)2/h5-8,13,16,18,20H,4,9-12H2,1-3H3/t16-,18-,20+/m1/s1. The number of aromatic nitrogens is 3. The van der Waals surface area contributed by atoms with Gasteiger partial charge >= 0.3 is 0 Å². The molecule has 0 bridgehead atoms. The fraction of sp³-hybridized carbons (Fsp3) is 0.550.